The number of carboxylic acids is 1. The molecule has 0 bridgehead atoms. The number of aliphatic carboxylic acids is 1. The predicted octanol–water partition coefficient (Wildman–Crippen LogP) is 3.95. The van der Waals surface area contributed by atoms with Gasteiger partial charge in [-0.3, -0.25) is 9.59 Å². The zero-order chi connectivity index (χ0) is 16.5. The number of hydrogen-bond acceptors (Lipinski definition) is 3. The molecule has 0 aromatic rings. The Morgan fingerprint density at radius 3 is 2.55 bits per heavy atom. The Kier molecular flexibility index (Phi) is 4.69. The minimum Gasteiger partial charge on any atom is -0.481 e. The molecule has 0 saturated carbocycles. The van der Waals surface area contributed by atoms with E-state index in [0.29, 0.717) is 12.5 Å². The van der Waals surface area contributed by atoms with Gasteiger partial charge in [0.25, 0.3) is 0 Å². The second-order valence-electron chi connectivity index (χ2n) is 7.58. The molecule has 0 saturated heterocycles. The zero-order valence-corrected chi connectivity index (χ0v) is 14.2. The highest BCUT2D eigenvalue weighted by Crippen LogP contribution is 2.56. The number of hydrogen-bond donors (Lipinski definition) is 1. The lowest BCUT2D eigenvalue weighted by Crippen LogP contribution is -2.41. The molecule has 2 aliphatic carbocycles. The second-order valence-corrected chi connectivity index (χ2v) is 7.58. The summed E-state index contributed by atoms with van der Waals surface area (Å²) in [6.45, 7) is 8.31. The van der Waals surface area contributed by atoms with Crippen molar-refractivity contribution >= 4 is 11.9 Å². The summed E-state index contributed by atoms with van der Waals surface area (Å²) < 4.78 is 5.32. The fourth-order valence-electron chi connectivity index (χ4n) is 4.40. The Morgan fingerprint density at radius 1 is 1.27 bits per heavy atom. The molecule has 0 aliphatic heterocycles. The molecule has 22 heavy (non-hydrogen) atoms. The van der Waals surface area contributed by atoms with Gasteiger partial charge >= 0.3 is 11.9 Å². The molecule has 1 unspecified atom stereocenters. The standard InChI is InChI=1S/C18H28O4/c1-12-7-8-14-15(18(12,4)10-16(20)21)6-5-9-17(14,3)11-22-13(2)19/h12H,5-11H2,1-4H3,(H,20,21)/t12?,17-,18+/m1/s1. The molecule has 2 rings (SSSR count). The molecule has 1 N–H and O–H groups in total. The van der Waals surface area contributed by atoms with E-state index in [4.69, 9.17) is 4.74 Å². The van der Waals surface area contributed by atoms with Crippen molar-refractivity contribution in [3.8, 4) is 0 Å². The van der Waals surface area contributed by atoms with Crippen LogP contribution >= 0.6 is 0 Å². The first kappa shape index (κ1) is 17.0. The largest absolute Gasteiger partial charge is 0.481 e. The molecule has 0 aromatic heterocycles. The Labute approximate surface area is 132 Å². The third-order valence-electron chi connectivity index (χ3n) is 5.97. The van der Waals surface area contributed by atoms with Crippen LogP contribution in [0.3, 0.4) is 0 Å². The number of esters is 1. The molecule has 2 aliphatic rings. The monoisotopic (exact) mass is 308 g/mol. The summed E-state index contributed by atoms with van der Waals surface area (Å²) in [4.78, 5) is 22.6. The molecule has 124 valence electrons. The summed E-state index contributed by atoms with van der Waals surface area (Å²) >= 11 is 0. The minimum atomic E-state index is -0.727. The zero-order valence-electron chi connectivity index (χ0n) is 14.2. The molecular weight excluding hydrogens is 280 g/mol. The van der Waals surface area contributed by atoms with Gasteiger partial charge in [-0.05, 0) is 38.0 Å². The number of carboxylic acid groups (broad SMARTS) is 1. The van der Waals surface area contributed by atoms with Gasteiger partial charge in [0.05, 0.1) is 6.42 Å². The maximum absolute atomic E-state index is 11.4. The summed E-state index contributed by atoms with van der Waals surface area (Å²) in [5.74, 6) is -0.597. The Balaban J connectivity index is 2.40. The lowest BCUT2D eigenvalue weighted by molar-refractivity contribution is -0.143. The van der Waals surface area contributed by atoms with E-state index in [1.165, 1.54) is 18.1 Å². The quantitative estimate of drug-likeness (QED) is 0.631. The van der Waals surface area contributed by atoms with Gasteiger partial charge in [0.1, 0.15) is 6.61 Å². The molecule has 0 aromatic carbocycles. The molecule has 4 nitrogen and oxygen atoms in total. The summed E-state index contributed by atoms with van der Waals surface area (Å²) in [7, 11) is 0. The summed E-state index contributed by atoms with van der Waals surface area (Å²) in [5.41, 5.74) is 2.30. The van der Waals surface area contributed by atoms with Crippen molar-refractivity contribution in [2.75, 3.05) is 6.61 Å². The van der Waals surface area contributed by atoms with Gasteiger partial charge in [-0.15, -0.1) is 0 Å². The SMILES string of the molecule is CC(=O)OC[C@@]1(C)CCCC2=C1CCC(C)[C@]2(C)CC(=O)O. The van der Waals surface area contributed by atoms with E-state index >= 15 is 0 Å². The van der Waals surface area contributed by atoms with Crippen LogP contribution < -0.4 is 0 Å². The molecular formula is C18H28O4. The van der Waals surface area contributed by atoms with E-state index in [0.717, 1.165) is 32.1 Å². The van der Waals surface area contributed by atoms with Crippen LogP contribution in [0.5, 0.6) is 0 Å². The smallest absolute Gasteiger partial charge is 0.304 e. The normalized spacial score (nSPS) is 35.0. The van der Waals surface area contributed by atoms with Crippen LogP contribution in [0.15, 0.2) is 11.1 Å². The number of allylic oxidation sites excluding steroid dienone is 1. The Bertz CT molecular complexity index is 507. The maximum atomic E-state index is 11.4. The average Bonchev–Trinajstić information content (AvgIpc) is 2.41. The summed E-state index contributed by atoms with van der Waals surface area (Å²) in [5, 5.41) is 9.35. The van der Waals surface area contributed by atoms with Crippen LogP contribution in [0, 0.1) is 16.7 Å². The van der Waals surface area contributed by atoms with Crippen LogP contribution in [0.1, 0.15) is 66.2 Å². The molecule has 0 heterocycles. The van der Waals surface area contributed by atoms with E-state index in [-0.39, 0.29) is 23.2 Å². The van der Waals surface area contributed by atoms with Crippen LogP contribution in [-0.4, -0.2) is 23.7 Å². The number of carbonyl (C=O) groups is 2. The van der Waals surface area contributed by atoms with Crippen molar-refractivity contribution in [1.82, 2.24) is 0 Å². The second kappa shape index (κ2) is 6.05. The topological polar surface area (TPSA) is 63.6 Å². The number of ether oxygens (including phenoxy) is 1. The number of carbonyl (C=O) groups excluding carboxylic acids is 1. The molecule has 4 heteroatoms. The van der Waals surface area contributed by atoms with Crippen molar-refractivity contribution in [3.05, 3.63) is 11.1 Å². The van der Waals surface area contributed by atoms with E-state index in [2.05, 4.69) is 20.8 Å². The van der Waals surface area contributed by atoms with Crippen molar-refractivity contribution in [3.63, 3.8) is 0 Å². The molecule has 0 fully saturated rings. The van der Waals surface area contributed by atoms with Gasteiger partial charge in [-0.1, -0.05) is 31.9 Å². The van der Waals surface area contributed by atoms with Gasteiger partial charge in [-0.2, -0.15) is 0 Å². The first-order valence-electron chi connectivity index (χ1n) is 8.27. The Hall–Kier alpha value is -1.32. The van der Waals surface area contributed by atoms with E-state index in [1.54, 1.807) is 0 Å². The molecule has 0 spiro atoms. The molecule has 3 atom stereocenters. The van der Waals surface area contributed by atoms with Gasteiger partial charge < -0.3 is 9.84 Å². The first-order chi connectivity index (χ1) is 10.2. The van der Waals surface area contributed by atoms with Gasteiger partial charge in [-0.25, -0.2) is 0 Å². The van der Waals surface area contributed by atoms with E-state index < -0.39 is 5.97 Å². The van der Waals surface area contributed by atoms with Gasteiger partial charge in [0.15, 0.2) is 0 Å². The Morgan fingerprint density at radius 2 is 1.95 bits per heavy atom. The van der Waals surface area contributed by atoms with Crippen molar-refractivity contribution in [2.24, 2.45) is 16.7 Å². The van der Waals surface area contributed by atoms with E-state index in [9.17, 15) is 14.7 Å². The summed E-state index contributed by atoms with van der Waals surface area (Å²) in [6.07, 6.45) is 5.24. The third kappa shape index (κ3) is 3.06. The fraction of sp³-hybridized carbons (Fsp3) is 0.778. The predicted molar refractivity (Wildman–Crippen MR) is 84.4 cm³/mol. The van der Waals surface area contributed by atoms with Crippen LogP contribution in [0.4, 0.5) is 0 Å². The van der Waals surface area contributed by atoms with Crippen molar-refractivity contribution < 1.29 is 19.4 Å². The van der Waals surface area contributed by atoms with Crippen LogP contribution in [-0.2, 0) is 14.3 Å². The number of rotatable bonds is 4. The lowest BCUT2D eigenvalue weighted by atomic mass is 9.55. The first-order valence-corrected chi connectivity index (χ1v) is 8.27. The lowest BCUT2D eigenvalue weighted by Gasteiger charge is -2.49. The maximum Gasteiger partial charge on any atom is 0.304 e. The molecule has 0 radical (unpaired) electrons. The van der Waals surface area contributed by atoms with Crippen molar-refractivity contribution in [2.45, 2.75) is 66.2 Å². The minimum absolute atomic E-state index is 0.126. The third-order valence-corrected chi connectivity index (χ3v) is 5.97. The van der Waals surface area contributed by atoms with Gasteiger partial charge in [0, 0.05) is 17.8 Å². The molecule has 0 amide bonds. The summed E-state index contributed by atoms with van der Waals surface area (Å²) in [6, 6.07) is 0. The van der Waals surface area contributed by atoms with Gasteiger partial charge in [0.2, 0.25) is 0 Å². The fourth-order valence-corrected chi connectivity index (χ4v) is 4.40. The van der Waals surface area contributed by atoms with E-state index in [1.807, 2.05) is 0 Å². The highest BCUT2D eigenvalue weighted by atomic mass is 16.5. The highest BCUT2D eigenvalue weighted by Gasteiger charge is 2.47. The average molecular weight is 308 g/mol. The highest BCUT2D eigenvalue weighted by molar-refractivity contribution is 5.69. The van der Waals surface area contributed by atoms with Crippen molar-refractivity contribution in [1.29, 1.82) is 0 Å². The van der Waals surface area contributed by atoms with Crippen LogP contribution in [0.25, 0.3) is 0 Å². The van der Waals surface area contributed by atoms with Crippen LogP contribution in [0.2, 0.25) is 0 Å².